The fraction of sp³-hybridized carbons (Fsp3) is 0.660. The Morgan fingerprint density at radius 2 is 1.70 bits per heavy atom. The van der Waals surface area contributed by atoms with E-state index in [9.17, 15) is 39.3 Å². The first kappa shape index (κ1) is 53.6. The number of allylic oxidation sites excluding steroid dienone is 1. The van der Waals surface area contributed by atoms with Crippen LogP contribution in [0.1, 0.15) is 98.9 Å². The second-order valence-electron chi connectivity index (χ2n) is 19.4. The number of carbonyl (C=O) groups excluding carboxylic acids is 6. The number of ketones is 1. The highest BCUT2D eigenvalue weighted by molar-refractivity contribution is 8.76. The van der Waals surface area contributed by atoms with Crippen LogP contribution in [-0.4, -0.2) is 143 Å². The summed E-state index contributed by atoms with van der Waals surface area (Å²) in [5.41, 5.74) is -8.62. The number of benzene rings is 1. The number of nitrogens with one attached hydrogen (secondary N) is 1. The van der Waals surface area contributed by atoms with Gasteiger partial charge in [-0.15, -0.1) is 0 Å². The van der Waals surface area contributed by atoms with Crippen molar-refractivity contribution in [3.05, 3.63) is 46.6 Å². The third-order valence-corrected chi connectivity index (χ3v) is 15.1. The molecule has 4 aliphatic rings. The number of methoxy groups -OCH3 is 2. The lowest BCUT2D eigenvalue weighted by Crippen LogP contribution is -2.82. The molecule has 4 N–H and O–H groups in total. The van der Waals surface area contributed by atoms with Gasteiger partial charge in [0.15, 0.2) is 17.5 Å². The molecule has 3 aliphatic carbocycles. The molecule has 1 heterocycles. The van der Waals surface area contributed by atoms with Crippen LogP contribution in [0, 0.1) is 16.7 Å². The van der Waals surface area contributed by atoms with Gasteiger partial charge in [-0.3, -0.25) is 14.4 Å². The van der Waals surface area contributed by atoms with Crippen molar-refractivity contribution in [3.8, 4) is 11.5 Å². The van der Waals surface area contributed by atoms with E-state index < -0.39 is 118 Å². The predicted molar refractivity (Wildman–Crippen MR) is 245 cm³/mol. The number of Topliss-reactive ketones (excluding diaryl/α,β-unsaturated/α-hetero) is 1. The molecule has 1 aromatic rings. The van der Waals surface area contributed by atoms with Gasteiger partial charge in [-0.05, 0) is 84.1 Å². The summed E-state index contributed by atoms with van der Waals surface area (Å²) in [6.07, 6.45) is -8.60. The van der Waals surface area contributed by atoms with Crippen LogP contribution in [0.3, 0.4) is 0 Å². The van der Waals surface area contributed by atoms with Gasteiger partial charge in [-0.1, -0.05) is 47.1 Å². The standard InChI is InChI=1S/C47H65NO17S2/c1-23(2)18-28(48-42(56)65-43(5,6)7)35(51)41(55)61-30-21-47(57)39(63-40(54)27-19-26(58-11)14-15-29(27)59-12)37-45(10,38(53)36(52)34(24(30)3)44(47,8)9)31(62-33(50)16-17-67-66-13)20-32-46(37,22-60-32)64-25(4)49/h14-15,18-19,28,30-32,35-37,39,51-52,57H,16-17,20-22H2,1-13H3,(H,48,56)/t28-,30-,31?,32+,35+,36+,37?,39-,45+,46-,47+/m0/s1. The van der Waals surface area contributed by atoms with Crippen LogP contribution in [0.5, 0.6) is 11.5 Å². The molecule has 11 atom stereocenters. The van der Waals surface area contributed by atoms with Crippen molar-refractivity contribution in [3.63, 3.8) is 0 Å². The summed E-state index contributed by atoms with van der Waals surface area (Å²) in [7, 11) is 5.57. The molecule has 5 rings (SSSR count). The van der Waals surface area contributed by atoms with Crippen LogP contribution >= 0.6 is 21.6 Å². The molecule has 2 unspecified atom stereocenters. The second-order valence-corrected chi connectivity index (χ2v) is 22.0. The normalized spacial score (nSPS) is 30.5. The molecule has 18 nitrogen and oxygen atoms in total. The molecule has 1 amide bonds. The molecule has 2 bridgehead atoms. The number of hydrogen-bond acceptors (Lipinski definition) is 19. The number of aliphatic hydroxyl groups excluding tert-OH is 2. The van der Waals surface area contributed by atoms with Gasteiger partial charge in [0.1, 0.15) is 58.8 Å². The van der Waals surface area contributed by atoms with Crippen molar-refractivity contribution >= 4 is 57.3 Å². The summed E-state index contributed by atoms with van der Waals surface area (Å²) in [4.78, 5) is 84.4. The van der Waals surface area contributed by atoms with Crippen molar-refractivity contribution in [2.45, 2.75) is 148 Å². The monoisotopic (exact) mass is 979 g/mol. The first-order chi connectivity index (χ1) is 31.1. The van der Waals surface area contributed by atoms with Gasteiger partial charge < -0.3 is 58.5 Å². The van der Waals surface area contributed by atoms with Crippen LogP contribution in [0.2, 0.25) is 0 Å². The van der Waals surface area contributed by atoms with Gasteiger partial charge in [-0.25, -0.2) is 14.4 Å². The SMILES string of the molecule is COc1ccc(OC)c(C(=O)O[C@H]2C3[C@](C)(C(=O)[C@H](O)C4=C(C)[C@@H](OC(=O)[C@H](O)[C@H](C=C(C)C)NC(=O)OC(C)(C)C)C[C@]2(O)C4(C)C)C(OC(=O)CCSSC)C[C@H]2OC[C@@]32OC(C)=O)c1. The van der Waals surface area contributed by atoms with Crippen molar-refractivity contribution in [1.29, 1.82) is 0 Å². The van der Waals surface area contributed by atoms with Crippen molar-refractivity contribution in [2.24, 2.45) is 16.7 Å². The van der Waals surface area contributed by atoms with E-state index in [1.54, 1.807) is 40.7 Å². The zero-order chi connectivity index (χ0) is 50.2. The van der Waals surface area contributed by atoms with Crippen molar-refractivity contribution < 1.29 is 82.0 Å². The third-order valence-electron chi connectivity index (χ3n) is 13.3. The summed E-state index contributed by atoms with van der Waals surface area (Å²) in [5.74, 6) is -5.78. The van der Waals surface area contributed by atoms with E-state index >= 15 is 4.79 Å². The van der Waals surface area contributed by atoms with E-state index in [1.165, 1.54) is 81.7 Å². The van der Waals surface area contributed by atoms with E-state index in [4.69, 9.17) is 37.9 Å². The van der Waals surface area contributed by atoms with Gasteiger partial charge in [0.2, 0.25) is 0 Å². The Morgan fingerprint density at radius 3 is 2.25 bits per heavy atom. The summed E-state index contributed by atoms with van der Waals surface area (Å²) in [6, 6.07) is 2.99. The van der Waals surface area contributed by atoms with Gasteiger partial charge in [0.25, 0.3) is 0 Å². The Balaban J connectivity index is 1.75. The van der Waals surface area contributed by atoms with Crippen molar-refractivity contribution in [2.75, 3.05) is 32.8 Å². The van der Waals surface area contributed by atoms with Gasteiger partial charge >= 0.3 is 30.0 Å². The van der Waals surface area contributed by atoms with Crippen LogP contribution in [0.15, 0.2) is 41.0 Å². The maximum absolute atomic E-state index is 15.6. The first-order valence-electron chi connectivity index (χ1n) is 21.9. The molecule has 1 aliphatic heterocycles. The van der Waals surface area contributed by atoms with Crippen LogP contribution in [-0.2, 0) is 47.6 Å². The number of esters is 4. The Morgan fingerprint density at radius 1 is 1.03 bits per heavy atom. The summed E-state index contributed by atoms with van der Waals surface area (Å²) in [5, 5.41) is 40.4. The Bertz CT molecular complexity index is 2160. The smallest absolute Gasteiger partial charge is 0.408 e. The average Bonchev–Trinajstić information content (AvgIpc) is 3.22. The molecule has 372 valence electrons. The highest BCUT2D eigenvalue weighted by Gasteiger charge is 2.78. The minimum atomic E-state index is -2.48. The fourth-order valence-electron chi connectivity index (χ4n) is 10.1. The zero-order valence-electron chi connectivity index (χ0n) is 40.3. The number of ether oxygens (including phenoxy) is 8. The predicted octanol–water partition coefficient (Wildman–Crippen LogP) is 4.82. The number of amides is 1. The fourth-order valence-corrected chi connectivity index (χ4v) is 11.3. The lowest BCUT2D eigenvalue weighted by Gasteiger charge is -2.67. The average molecular weight is 980 g/mol. The molecule has 3 fully saturated rings. The molecule has 0 radical (unpaired) electrons. The van der Waals surface area contributed by atoms with Gasteiger partial charge in [0, 0.05) is 30.9 Å². The Labute approximate surface area is 398 Å². The highest BCUT2D eigenvalue weighted by Crippen LogP contribution is 2.64. The lowest BCUT2D eigenvalue weighted by atomic mass is 9.44. The molecule has 67 heavy (non-hydrogen) atoms. The molecule has 0 aromatic heterocycles. The summed E-state index contributed by atoms with van der Waals surface area (Å²) < 4.78 is 47.2. The maximum Gasteiger partial charge on any atom is 0.408 e. The number of alkyl carbamates (subject to hydrolysis) is 1. The van der Waals surface area contributed by atoms with Gasteiger partial charge in [0.05, 0.1) is 44.6 Å². The third kappa shape index (κ3) is 10.3. The Hall–Kier alpha value is -4.34. The maximum atomic E-state index is 15.6. The van der Waals surface area contributed by atoms with Crippen LogP contribution in [0.25, 0.3) is 0 Å². The molecule has 20 heteroatoms. The number of hydrogen-bond donors (Lipinski definition) is 4. The largest absolute Gasteiger partial charge is 0.497 e. The van der Waals surface area contributed by atoms with E-state index in [-0.39, 0.29) is 47.7 Å². The highest BCUT2D eigenvalue weighted by atomic mass is 33.1. The number of fused-ring (bicyclic) bond motifs is 5. The number of rotatable bonds is 15. The molecule has 1 saturated heterocycles. The first-order valence-corrected chi connectivity index (χ1v) is 24.6. The van der Waals surface area contributed by atoms with E-state index in [0.29, 0.717) is 11.3 Å². The van der Waals surface area contributed by atoms with Crippen LogP contribution in [0.4, 0.5) is 4.79 Å². The van der Waals surface area contributed by atoms with E-state index in [1.807, 2.05) is 6.26 Å². The minimum absolute atomic E-state index is 0.0436. The molecule has 2 saturated carbocycles. The van der Waals surface area contributed by atoms with E-state index in [0.717, 1.165) is 6.92 Å². The molecule has 0 spiro atoms. The second kappa shape index (κ2) is 20.3. The van der Waals surface area contributed by atoms with Crippen LogP contribution < -0.4 is 14.8 Å². The quantitative estimate of drug-likeness (QED) is 0.0605. The topological polar surface area (TPSA) is 249 Å². The molecular formula is C47H65NO17S2. The summed E-state index contributed by atoms with van der Waals surface area (Å²) in [6.45, 7) is 15.0. The number of aliphatic hydroxyl groups is 3. The lowest BCUT2D eigenvalue weighted by molar-refractivity contribution is -0.346. The summed E-state index contributed by atoms with van der Waals surface area (Å²) >= 11 is 0. The zero-order valence-corrected chi connectivity index (χ0v) is 42.0. The number of carbonyl (C=O) groups is 6. The van der Waals surface area contributed by atoms with E-state index in [2.05, 4.69) is 5.32 Å². The molecule has 1 aromatic carbocycles. The minimum Gasteiger partial charge on any atom is -0.497 e. The van der Waals surface area contributed by atoms with Gasteiger partial charge in [-0.2, -0.15) is 0 Å². The van der Waals surface area contributed by atoms with Crippen molar-refractivity contribution in [1.82, 2.24) is 5.32 Å². The molecular weight excluding hydrogens is 915 g/mol. The Kier molecular flexibility index (Phi) is 16.3.